The van der Waals surface area contributed by atoms with Gasteiger partial charge in [-0.15, -0.1) is 13.2 Å². The van der Waals surface area contributed by atoms with Crippen molar-refractivity contribution in [3.05, 3.63) is 59.3 Å². The number of carbonyl (C=O) groups is 1. The maximum atomic E-state index is 12.3. The normalized spacial score (nSPS) is 12.1. The zero-order valence-corrected chi connectivity index (χ0v) is 13.0. The SMILES string of the molecule is Cc1nc(/C(=C\N)C(=O)O)ncc1Cc1cccc(OC(F)(F)F)c1. The van der Waals surface area contributed by atoms with Gasteiger partial charge >= 0.3 is 12.3 Å². The fourth-order valence-corrected chi connectivity index (χ4v) is 2.11. The molecular weight excluding hydrogens is 339 g/mol. The number of ether oxygens (including phenoxy) is 1. The Bertz CT molecular complexity index is 820. The van der Waals surface area contributed by atoms with E-state index in [-0.39, 0.29) is 23.6 Å². The van der Waals surface area contributed by atoms with Crippen LogP contribution in [0.3, 0.4) is 0 Å². The molecule has 1 aromatic carbocycles. The van der Waals surface area contributed by atoms with Crippen molar-refractivity contribution in [1.82, 2.24) is 9.97 Å². The summed E-state index contributed by atoms with van der Waals surface area (Å²) in [6.45, 7) is 1.65. The molecule has 1 heterocycles. The van der Waals surface area contributed by atoms with E-state index in [1.54, 1.807) is 13.0 Å². The maximum Gasteiger partial charge on any atom is 0.573 e. The van der Waals surface area contributed by atoms with Crippen LogP contribution >= 0.6 is 0 Å². The van der Waals surface area contributed by atoms with Crippen LogP contribution in [-0.2, 0) is 11.2 Å². The second-order valence-corrected chi connectivity index (χ2v) is 5.06. The number of aromatic nitrogens is 2. The second kappa shape index (κ2) is 7.20. The van der Waals surface area contributed by atoms with Gasteiger partial charge in [-0.1, -0.05) is 12.1 Å². The third kappa shape index (κ3) is 4.93. The van der Waals surface area contributed by atoms with Gasteiger partial charge in [0.2, 0.25) is 0 Å². The van der Waals surface area contributed by atoms with Gasteiger partial charge in [-0.05, 0) is 30.2 Å². The molecule has 132 valence electrons. The summed E-state index contributed by atoms with van der Waals surface area (Å²) in [5, 5.41) is 9.01. The van der Waals surface area contributed by atoms with E-state index in [0.29, 0.717) is 16.8 Å². The van der Waals surface area contributed by atoms with Gasteiger partial charge in [-0.2, -0.15) is 0 Å². The minimum absolute atomic E-state index is 0.0367. The van der Waals surface area contributed by atoms with Crippen molar-refractivity contribution in [3.8, 4) is 5.75 Å². The van der Waals surface area contributed by atoms with E-state index >= 15 is 0 Å². The number of nitrogens with zero attached hydrogens (tertiary/aromatic N) is 2. The number of nitrogens with two attached hydrogens (primary N) is 1. The first-order valence-electron chi connectivity index (χ1n) is 7.02. The topological polar surface area (TPSA) is 98.3 Å². The quantitative estimate of drug-likeness (QED) is 0.802. The number of halogens is 3. The molecule has 2 aromatic rings. The molecule has 0 spiro atoms. The Balaban J connectivity index is 2.24. The summed E-state index contributed by atoms with van der Waals surface area (Å²) in [7, 11) is 0. The molecule has 0 atom stereocenters. The summed E-state index contributed by atoms with van der Waals surface area (Å²) < 4.78 is 40.7. The Labute approximate surface area is 140 Å². The van der Waals surface area contributed by atoms with Crippen LogP contribution in [0.25, 0.3) is 5.57 Å². The van der Waals surface area contributed by atoms with Gasteiger partial charge < -0.3 is 15.6 Å². The predicted molar refractivity (Wildman–Crippen MR) is 82.5 cm³/mol. The number of hydrogen-bond acceptors (Lipinski definition) is 5. The molecule has 2 rings (SSSR count). The van der Waals surface area contributed by atoms with E-state index in [9.17, 15) is 18.0 Å². The molecule has 0 aliphatic rings. The van der Waals surface area contributed by atoms with Gasteiger partial charge in [-0.3, -0.25) is 0 Å². The first kappa shape index (κ1) is 18.2. The molecule has 0 amide bonds. The molecule has 6 nitrogen and oxygen atoms in total. The molecule has 0 bridgehead atoms. The maximum absolute atomic E-state index is 12.3. The molecule has 25 heavy (non-hydrogen) atoms. The van der Waals surface area contributed by atoms with Crippen molar-refractivity contribution in [2.45, 2.75) is 19.7 Å². The van der Waals surface area contributed by atoms with E-state index in [1.807, 2.05) is 0 Å². The number of rotatable bonds is 5. The summed E-state index contributed by atoms with van der Waals surface area (Å²) >= 11 is 0. The molecular formula is C16H14F3N3O3. The number of aryl methyl sites for hydroxylation is 1. The molecule has 1 aromatic heterocycles. The van der Waals surface area contributed by atoms with Crippen LogP contribution in [0.4, 0.5) is 13.2 Å². The summed E-state index contributed by atoms with van der Waals surface area (Å²) in [6, 6.07) is 5.55. The van der Waals surface area contributed by atoms with Gasteiger partial charge in [0.25, 0.3) is 0 Å². The zero-order chi connectivity index (χ0) is 18.6. The van der Waals surface area contributed by atoms with Crippen LogP contribution in [0.2, 0.25) is 0 Å². The van der Waals surface area contributed by atoms with Crippen LogP contribution in [0.5, 0.6) is 5.75 Å². The van der Waals surface area contributed by atoms with Crippen molar-refractivity contribution in [1.29, 1.82) is 0 Å². The number of aliphatic carboxylic acids is 1. The molecule has 0 saturated heterocycles. The van der Waals surface area contributed by atoms with Crippen molar-refractivity contribution in [2.24, 2.45) is 5.73 Å². The first-order chi connectivity index (χ1) is 11.7. The van der Waals surface area contributed by atoms with Crippen LogP contribution in [0.1, 0.15) is 22.6 Å². The monoisotopic (exact) mass is 353 g/mol. The van der Waals surface area contributed by atoms with Crippen molar-refractivity contribution in [3.63, 3.8) is 0 Å². The van der Waals surface area contributed by atoms with E-state index in [0.717, 1.165) is 6.20 Å². The van der Waals surface area contributed by atoms with Gasteiger partial charge in [0, 0.05) is 24.5 Å². The van der Waals surface area contributed by atoms with Crippen molar-refractivity contribution >= 4 is 11.5 Å². The third-order valence-electron chi connectivity index (χ3n) is 3.25. The van der Waals surface area contributed by atoms with E-state index in [2.05, 4.69) is 14.7 Å². The van der Waals surface area contributed by atoms with E-state index < -0.39 is 12.3 Å². The summed E-state index contributed by atoms with van der Waals surface area (Å²) in [5.74, 6) is -1.61. The lowest BCUT2D eigenvalue weighted by Crippen LogP contribution is -2.17. The average Bonchev–Trinajstić information content (AvgIpc) is 2.49. The smallest absolute Gasteiger partial charge is 0.477 e. The minimum Gasteiger partial charge on any atom is -0.477 e. The van der Waals surface area contributed by atoms with Crippen LogP contribution in [-0.4, -0.2) is 27.4 Å². The largest absolute Gasteiger partial charge is 0.573 e. The van der Waals surface area contributed by atoms with Crippen LogP contribution in [0, 0.1) is 6.92 Å². The van der Waals surface area contributed by atoms with E-state index in [1.165, 1.54) is 24.4 Å². The fraction of sp³-hybridized carbons (Fsp3) is 0.188. The predicted octanol–water partition coefficient (Wildman–Crippen LogP) is 2.66. The summed E-state index contributed by atoms with van der Waals surface area (Å²) in [4.78, 5) is 19.1. The summed E-state index contributed by atoms with van der Waals surface area (Å²) in [6.07, 6.45) is -2.19. The Hall–Kier alpha value is -3.10. The second-order valence-electron chi connectivity index (χ2n) is 5.06. The first-order valence-corrected chi connectivity index (χ1v) is 7.02. The highest BCUT2D eigenvalue weighted by Gasteiger charge is 2.31. The Morgan fingerprint density at radius 2 is 2.12 bits per heavy atom. The van der Waals surface area contributed by atoms with Crippen molar-refractivity contribution < 1.29 is 27.8 Å². The van der Waals surface area contributed by atoms with Gasteiger partial charge in [0.05, 0.1) is 0 Å². The highest BCUT2D eigenvalue weighted by atomic mass is 19.4. The minimum atomic E-state index is -4.76. The van der Waals surface area contributed by atoms with Crippen LogP contribution < -0.4 is 10.5 Å². The van der Waals surface area contributed by atoms with Gasteiger partial charge in [-0.25, -0.2) is 14.8 Å². The highest BCUT2D eigenvalue weighted by molar-refractivity contribution is 6.13. The molecule has 0 aliphatic heterocycles. The average molecular weight is 353 g/mol. The molecule has 3 N–H and O–H groups in total. The number of alkyl halides is 3. The molecule has 0 saturated carbocycles. The van der Waals surface area contributed by atoms with Crippen LogP contribution in [0.15, 0.2) is 36.7 Å². The highest BCUT2D eigenvalue weighted by Crippen LogP contribution is 2.24. The Morgan fingerprint density at radius 3 is 2.68 bits per heavy atom. The van der Waals surface area contributed by atoms with Gasteiger partial charge in [0.15, 0.2) is 5.82 Å². The van der Waals surface area contributed by atoms with E-state index in [4.69, 9.17) is 10.8 Å². The molecule has 0 fully saturated rings. The molecule has 0 radical (unpaired) electrons. The number of carboxylic acids is 1. The molecule has 0 aliphatic carbocycles. The fourth-order valence-electron chi connectivity index (χ4n) is 2.11. The number of carboxylic acid groups (broad SMARTS) is 1. The third-order valence-corrected chi connectivity index (χ3v) is 3.25. The molecule has 9 heteroatoms. The van der Waals surface area contributed by atoms with Gasteiger partial charge in [0.1, 0.15) is 11.3 Å². The lowest BCUT2D eigenvalue weighted by Gasteiger charge is -2.11. The Kier molecular flexibility index (Phi) is 5.26. The molecule has 0 unspecified atom stereocenters. The lowest BCUT2D eigenvalue weighted by atomic mass is 10.0. The zero-order valence-electron chi connectivity index (χ0n) is 13.0. The number of benzene rings is 1. The summed E-state index contributed by atoms with van der Waals surface area (Å²) in [5.41, 5.74) is 6.71. The standard InChI is InChI=1S/C16H14F3N3O3/c1-9-11(8-21-14(22-9)13(7-20)15(23)24)5-10-3-2-4-12(6-10)25-16(17,18)19/h2-4,6-8H,5,20H2,1H3,(H,23,24)/b13-7+. The lowest BCUT2D eigenvalue weighted by molar-refractivity contribution is -0.274. The van der Waals surface area contributed by atoms with Crippen molar-refractivity contribution in [2.75, 3.05) is 0 Å². The number of hydrogen-bond donors (Lipinski definition) is 2. The Morgan fingerprint density at radius 1 is 1.40 bits per heavy atom.